The van der Waals surface area contributed by atoms with E-state index in [4.69, 9.17) is 24.5 Å². The van der Waals surface area contributed by atoms with Gasteiger partial charge >= 0.3 is 11.9 Å². The lowest BCUT2D eigenvalue weighted by molar-refractivity contribution is -0.159. The topological polar surface area (TPSA) is 137 Å². The molecule has 2 amide bonds. The van der Waals surface area contributed by atoms with Crippen LogP contribution in [-0.4, -0.2) is 81.5 Å². The molecular formula is C28H35N3O7. The molecule has 0 radical (unpaired) electrons. The Bertz CT molecular complexity index is 1100. The summed E-state index contributed by atoms with van der Waals surface area (Å²) in [6.45, 7) is 4.96. The minimum atomic E-state index is -1.82. The van der Waals surface area contributed by atoms with E-state index in [9.17, 15) is 9.59 Å². The number of aliphatic carboxylic acids is 2. The maximum Gasteiger partial charge on any atom is 0.414 e. The van der Waals surface area contributed by atoms with E-state index in [2.05, 4.69) is 4.98 Å². The summed E-state index contributed by atoms with van der Waals surface area (Å²) in [4.78, 5) is 51.6. The number of carboxylic acid groups (broad SMARTS) is 2. The van der Waals surface area contributed by atoms with Crippen LogP contribution in [0.5, 0.6) is 5.75 Å². The van der Waals surface area contributed by atoms with Crippen LogP contribution in [0.15, 0.2) is 42.7 Å². The van der Waals surface area contributed by atoms with Crippen molar-refractivity contribution < 1.29 is 34.1 Å². The third-order valence-corrected chi connectivity index (χ3v) is 6.82. The first kappa shape index (κ1) is 28.6. The molecule has 0 atom stereocenters. The maximum atomic E-state index is 13.1. The van der Waals surface area contributed by atoms with Gasteiger partial charge in [0.25, 0.3) is 5.91 Å². The molecule has 10 heteroatoms. The molecule has 2 aliphatic rings. The monoisotopic (exact) mass is 525 g/mol. The van der Waals surface area contributed by atoms with Crippen LogP contribution in [-0.2, 0) is 20.8 Å². The van der Waals surface area contributed by atoms with Crippen molar-refractivity contribution in [1.82, 2.24) is 14.8 Å². The number of nitrogens with zero attached hydrogens (tertiary/aromatic N) is 3. The van der Waals surface area contributed by atoms with Gasteiger partial charge in [-0.2, -0.15) is 0 Å². The number of aryl methyl sites for hydroxylation is 1. The summed E-state index contributed by atoms with van der Waals surface area (Å²) in [5, 5.41) is 14.8. The van der Waals surface area contributed by atoms with Gasteiger partial charge < -0.3 is 24.7 Å². The standard InChI is InChI=1S/C26H33N3O3.C2H2O4/c1-20-9-10-23(17-24(20)32-19-21-6-3-2-4-7-21)26(31)29-14-12-28(13-15-29)25(30)16-22-8-5-11-27-18-22;3-1(4)2(5)6/h5,8-11,17-18,21H,2-4,6-7,12-16,19H2,1H3;(H,3,4)(H,5,6). The van der Waals surface area contributed by atoms with Gasteiger partial charge in [-0.05, 0) is 55.0 Å². The smallest absolute Gasteiger partial charge is 0.414 e. The zero-order valence-corrected chi connectivity index (χ0v) is 21.7. The average Bonchev–Trinajstić information content (AvgIpc) is 2.93. The van der Waals surface area contributed by atoms with Crippen LogP contribution in [0.1, 0.15) is 53.6 Å². The molecule has 1 aromatic heterocycles. The van der Waals surface area contributed by atoms with Crippen LogP contribution in [0, 0.1) is 12.8 Å². The van der Waals surface area contributed by atoms with Gasteiger partial charge in [-0.25, -0.2) is 9.59 Å². The first-order valence-corrected chi connectivity index (χ1v) is 12.9. The Morgan fingerprint density at radius 2 is 1.61 bits per heavy atom. The molecule has 1 aromatic carbocycles. The van der Waals surface area contributed by atoms with Gasteiger partial charge in [-0.1, -0.05) is 31.4 Å². The molecule has 4 rings (SSSR count). The van der Waals surface area contributed by atoms with Crippen LogP contribution < -0.4 is 4.74 Å². The normalized spacial score (nSPS) is 15.7. The fourth-order valence-electron chi connectivity index (χ4n) is 4.58. The van der Waals surface area contributed by atoms with Gasteiger partial charge in [0.15, 0.2) is 0 Å². The number of ether oxygens (including phenoxy) is 1. The van der Waals surface area contributed by atoms with Gasteiger partial charge in [-0.15, -0.1) is 0 Å². The number of benzene rings is 1. The molecule has 1 aliphatic carbocycles. The minimum absolute atomic E-state index is 0.00637. The first-order valence-electron chi connectivity index (χ1n) is 12.9. The second-order valence-corrected chi connectivity index (χ2v) is 9.62. The number of carbonyl (C=O) groups is 4. The predicted octanol–water partition coefficient (Wildman–Crippen LogP) is 3.03. The first-order chi connectivity index (χ1) is 18.2. The summed E-state index contributed by atoms with van der Waals surface area (Å²) in [5.41, 5.74) is 2.63. The van der Waals surface area contributed by atoms with E-state index in [-0.39, 0.29) is 11.8 Å². The largest absolute Gasteiger partial charge is 0.493 e. The van der Waals surface area contributed by atoms with Gasteiger partial charge in [-0.3, -0.25) is 14.6 Å². The fraction of sp³-hybridized carbons (Fsp3) is 0.464. The molecule has 1 saturated heterocycles. The number of hydrogen-bond donors (Lipinski definition) is 2. The molecule has 204 valence electrons. The highest BCUT2D eigenvalue weighted by Crippen LogP contribution is 2.27. The fourth-order valence-corrected chi connectivity index (χ4v) is 4.58. The molecule has 2 fully saturated rings. The number of carbonyl (C=O) groups excluding carboxylic acids is 2. The summed E-state index contributed by atoms with van der Waals surface area (Å²) in [6.07, 6.45) is 10.2. The van der Waals surface area contributed by atoms with Crippen molar-refractivity contribution in [3.63, 3.8) is 0 Å². The molecule has 1 aliphatic heterocycles. The third-order valence-electron chi connectivity index (χ3n) is 6.82. The number of pyridine rings is 1. The Morgan fingerprint density at radius 3 is 2.21 bits per heavy atom. The Kier molecular flexibility index (Phi) is 10.6. The highest BCUT2D eigenvalue weighted by Gasteiger charge is 2.25. The molecular weight excluding hydrogens is 490 g/mol. The van der Waals surface area contributed by atoms with Crippen molar-refractivity contribution >= 4 is 23.8 Å². The molecule has 2 heterocycles. The molecule has 0 unspecified atom stereocenters. The highest BCUT2D eigenvalue weighted by atomic mass is 16.5. The highest BCUT2D eigenvalue weighted by molar-refractivity contribution is 6.27. The maximum absolute atomic E-state index is 13.1. The predicted molar refractivity (Wildman–Crippen MR) is 139 cm³/mol. The lowest BCUT2D eigenvalue weighted by Gasteiger charge is -2.35. The van der Waals surface area contributed by atoms with E-state index in [1.807, 2.05) is 47.1 Å². The minimum Gasteiger partial charge on any atom is -0.493 e. The van der Waals surface area contributed by atoms with Crippen molar-refractivity contribution in [3.05, 3.63) is 59.4 Å². The zero-order chi connectivity index (χ0) is 27.5. The summed E-state index contributed by atoms with van der Waals surface area (Å²) in [5.74, 6) is -2.12. The van der Waals surface area contributed by atoms with E-state index in [1.54, 1.807) is 12.4 Å². The van der Waals surface area contributed by atoms with Crippen LogP contribution in [0.4, 0.5) is 0 Å². The zero-order valence-electron chi connectivity index (χ0n) is 21.7. The summed E-state index contributed by atoms with van der Waals surface area (Å²) >= 11 is 0. The van der Waals surface area contributed by atoms with Crippen LogP contribution in [0.3, 0.4) is 0 Å². The summed E-state index contributed by atoms with van der Waals surface area (Å²) < 4.78 is 6.13. The van der Waals surface area contributed by atoms with Gasteiger partial charge in [0.2, 0.25) is 5.91 Å². The molecule has 0 spiro atoms. The third kappa shape index (κ3) is 8.57. The van der Waals surface area contributed by atoms with Crippen molar-refractivity contribution in [2.24, 2.45) is 5.92 Å². The molecule has 0 bridgehead atoms. The molecule has 2 aromatic rings. The SMILES string of the molecule is Cc1ccc(C(=O)N2CCN(C(=O)Cc3cccnc3)CC2)cc1OCC1CCCCC1.O=C(O)C(=O)O. The van der Waals surface area contributed by atoms with Crippen molar-refractivity contribution in [2.45, 2.75) is 45.4 Å². The number of piperazine rings is 1. The second kappa shape index (κ2) is 14.1. The number of hydrogen-bond acceptors (Lipinski definition) is 6. The van der Waals surface area contributed by atoms with Gasteiger partial charge in [0.05, 0.1) is 13.0 Å². The number of amides is 2. The second-order valence-electron chi connectivity index (χ2n) is 9.62. The molecule has 2 N–H and O–H groups in total. The van der Waals surface area contributed by atoms with E-state index in [1.165, 1.54) is 32.1 Å². The Balaban J connectivity index is 0.000000599. The molecule has 1 saturated carbocycles. The lowest BCUT2D eigenvalue weighted by atomic mass is 9.90. The summed E-state index contributed by atoms with van der Waals surface area (Å²) in [7, 11) is 0. The van der Waals surface area contributed by atoms with Gasteiger partial charge in [0.1, 0.15) is 5.75 Å². The van der Waals surface area contributed by atoms with E-state index in [0.29, 0.717) is 44.1 Å². The lowest BCUT2D eigenvalue weighted by Crippen LogP contribution is -2.51. The van der Waals surface area contributed by atoms with E-state index >= 15 is 0 Å². The van der Waals surface area contributed by atoms with Crippen LogP contribution in [0.2, 0.25) is 0 Å². The Hall–Kier alpha value is -3.95. The quantitative estimate of drug-likeness (QED) is 0.549. The van der Waals surface area contributed by atoms with Crippen LogP contribution in [0.25, 0.3) is 0 Å². The van der Waals surface area contributed by atoms with E-state index < -0.39 is 11.9 Å². The number of carboxylic acids is 2. The van der Waals surface area contributed by atoms with Crippen LogP contribution >= 0.6 is 0 Å². The molecule has 10 nitrogen and oxygen atoms in total. The number of rotatable bonds is 6. The Morgan fingerprint density at radius 1 is 0.947 bits per heavy atom. The van der Waals surface area contributed by atoms with Crippen molar-refractivity contribution in [1.29, 1.82) is 0 Å². The molecule has 38 heavy (non-hydrogen) atoms. The summed E-state index contributed by atoms with van der Waals surface area (Å²) in [6, 6.07) is 9.49. The Labute approximate surface area is 222 Å². The van der Waals surface area contributed by atoms with E-state index in [0.717, 1.165) is 23.5 Å². The van der Waals surface area contributed by atoms with Crippen molar-refractivity contribution in [3.8, 4) is 5.75 Å². The van der Waals surface area contributed by atoms with Gasteiger partial charge in [0, 0.05) is 44.1 Å². The average molecular weight is 526 g/mol. The van der Waals surface area contributed by atoms with Crippen molar-refractivity contribution in [2.75, 3.05) is 32.8 Å². The number of aromatic nitrogens is 1.